The average Bonchev–Trinajstić information content (AvgIpc) is 2.66. The van der Waals surface area contributed by atoms with Gasteiger partial charge in [-0.25, -0.2) is 0 Å². The van der Waals surface area contributed by atoms with Crippen LogP contribution in [0.2, 0.25) is 5.02 Å². The van der Waals surface area contributed by atoms with E-state index in [0.717, 1.165) is 43.3 Å². The van der Waals surface area contributed by atoms with Crippen molar-refractivity contribution in [1.82, 2.24) is 4.90 Å². The first kappa shape index (κ1) is 19.1. The molecule has 0 spiro atoms. The lowest BCUT2D eigenvalue weighted by molar-refractivity contribution is -0.121. The van der Waals surface area contributed by atoms with E-state index >= 15 is 0 Å². The van der Waals surface area contributed by atoms with Gasteiger partial charge in [-0.3, -0.25) is 4.79 Å². The number of rotatable bonds is 6. The normalized spacial score (nSPS) is 15.7. The molecule has 0 aromatic heterocycles. The number of benzene rings is 2. The Morgan fingerprint density at radius 3 is 2.54 bits per heavy atom. The van der Waals surface area contributed by atoms with Crippen LogP contribution in [0, 0.1) is 5.92 Å². The first-order valence-corrected chi connectivity index (χ1v) is 10.2. The summed E-state index contributed by atoms with van der Waals surface area (Å²) in [6.45, 7) is 2.88. The Bertz CT molecular complexity index is 731. The Morgan fingerprint density at radius 1 is 1.15 bits per heavy atom. The number of phenolic OH excluding ortho intramolecular Hbond substituents is 1. The fraction of sp³-hybridized carbons (Fsp3) is 0.350. The van der Waals surface area contributed by atoms with Gasteiger partial charge in [0.05, 0.1) is 5.69 Å². The van der Waals surface area contributed by atoms with E-state index in [1.807, 2.05) is 36.0 Å². The average molecular weight is 391 g/mol. The lowest BCUT2D eigenvalue weighted by Crippen LogP contribution is -2.39. The van der Waals surface area contributed by atoms with Crippen molar-refractivity contribution in [3.63, 3.8) is 0 Å². The molecule has 0 unspecified atom stereocenters. The molecule has 138 valence electrons. The summed E-state index contributed by atoms with van der Waals surface area (Å²) in [7, 11) is 0. The van der Waals surface area contributed by atoms with Gasteiger partial charge in [0, 0.05) is 28.1 Å². The summed E-state index contributed by atoms with van der Waals surface area (Å²) in [4.78, 5) is 16.0. The van der Waals surface area contributed by atoms with Crippen molar-refractivity contribution in [1.29, 1.82) is 0 Å². The van der Waals surface area contributed by atoms with Crippen LogP contribution in [-0.4, -0.2) is 41.3 Å². The zero-order valence-corrected chi connectivity index (χ0v) is 16.1. The van der Waals surface area contributed by atoms with Gasteiger partial charge >= 0.3 is 0 Å². The maximum atomic E-state index is 12.4. The summed E-state index contributed by atoms with van der Waals surface area (Å²) in [5.41, 5.74) is 0.485. The molecule has 3 rings (SSSR count). The third-order valence-electron chi connectivity index (χ3n) is 4.61. The molecule has 4 nitrogen and oxygen atoms in total. The Hall–Kier alpha value is -1.69. The number of phenols is 1. The van der Waals surface area contributed by atoms with Crippen LogP contribution >= 0.6 is 23.4 Å². The van der Waals surface area contributed by atoms with Gasteiger partial charge in [-0.05, 0) is 62.3 Å². The third kappa shape index (κ3) is 5.40. The lowest BCUT2D eigenvalue weighted by Gasteiger charge is -2.31. The van der Waals surface area contributed by atoms with Crippen molar-refractivity contribution in [2.45, 2.75) is 17.7 Å². The Morgan fingerprint density at radius 2 is 1.85 bits per heavy atom. The van der Waals surface area contributed by atoms with Crippen LogP contribution < -0.4 is 5.32 Å². The molecule has 6 heteroatoms. The molecule has 0 radical (unpaired) electrons. The second-order valence-electron chi connectivity index (χ2n) is 6.42. The molecule has 0 saturated carbocycles. The zero-order chi connectivity index (χ0) is 18.4. The van der Waals surface area contributed by atoms with Gasteiger partial charge in [-0.2, -0.15) is 0 Å². The summed E-state index contributed by atoms with van der Waals surface area (Å²) >= 11 is 7.73. The number of anilines is 1. The summed E-state index contributed by atoms with van der Waals surface area (Å²) in [5.74, 6) is 1.14. The largest absolute Gasteiger partial charge is 0.506 e. The zero-order valence-electron chi connectivity index (χ0n) is 14.5. The molecule has 1 saturated heterocycles. The molecule has 1 amide bonds. The van der Waals surface area contributed by atoms with E-state index in [0.29, 0.717) is 5.69 Å². The maximum Gasteiger partial charge on any atom is 0.227 e. The van der Waals surface area contributed by atoms with Gasteiger partial charge in [0.1, 0.15) is 5.75 Å². The van der Waals surface area contributed by atoms with Crippen LogP contribution in [0.4, 0.5) is 5.69 Å². The first-order valence-electron chi connectivity index (χ1n) is 8.81. The second kappa shape index (κ2) is 9.31. The first-order chi connectivity index (χ1) is 12.6. The van der Waals surface area contributed by atoms with Crippen LogP contribution in [0.25, 0.3) is 0 Å². The summed E-state index contributed by atoms with van der Waals surface area (Å²) < 4.78 is 0. The minimum Gasteiger partial charge on any atom is -0.506 e. The van der Waals surface area contributed by atoms with Gasteiger partial charge in [0.2, 0.25) is 5.91 Å². The van der Waals surface area contributed by atoms with Crippen LogP contribution in [-0.2, 0) is 4.79 Å². The highest BCUT2D eigenvalue weighted by atomic mass is 35.5. The number of amides is 1. The second-order valence-corrected chi connectivity index (χ2v) is 8.03. The molecule has 1 heterocycles. The van der Waals surface area contributed by atoms with Gasteiger partial charge in [-0.15, -0.1) is 11.8 Å². The number of nitrogens with one attached hydrogen (secondary N) is 1. The van der Waals surface area contributed by atoms with Gasteiger partial charge < -0.3 is 15.3 Å². The van der Waals surface area contributed by atoms with Crippen molar-refractivity contribution in [2.75, 3.05) is 30.7 Å². The molecular weight excluding hydrogens is 368 g/mol. The maximum absolute atomic E-state index is 12.4. The number of carbonyl (C=O) groups is 1. The minimum absolute atomic E-state index is 0.00156. The summed E-state index contributed by atoms with van der Waals surface area (Å²) in [6.07, 6.45) is 1.70. The number of hydrogen-bond acceptors (Lipinski definition) is 4. The SMILES string of the molecule is O=C(Nc1ccccc1O)C1CCN(CCSc2ccc(Cl)cc2)CC1. The lowest BCUT2D eigenvalue weighted by atomic mass is 9.96. The molecule has 1 aliphatic rings. The summed E-state index contributed by atoms with van der Waals surface area (Å²) in [6, 6.07) is 14.8. The number of thioether (sulfide) groups is 1. The van der Waals surface area contributed by atoms with Gasteiger partial charge in [0.25, 0.3) is 0 Å². The van der Waals surface area contributed by atoms with Crippen molar-refractivity contribution in [2.24, 2.45) is 5.92 Å². The summed E-state index contributed by atoms with van der Waals surface area (Å²) in [5, 5.41) is 13.4. The standard InChI is InChI=1S/C20H23ClN2O2S/c21-16-5-7-17(8-6-16)26-14-13-23-11-9-15(10-12-23)20(25)22-18-3-1-2-4-19(18)24/h1-8,15,24H,9-14H2,(H,22,25). The number of piperidine rings is 1. The van der Waals surface area contributed by atoms with E-state index < -0.39 is 0 Å². The number of nitrogens with zero attached hydrogens (tertiary/aromatic N) is 1. The van der Waals surface area contributed by atoms with E-state index in [-0.39, 0.29) is 17.6 Å². The number of carbonyl (C=O) groups excluding carboxylic acids is 1. The van der Waals surface area contributed by atoms with Crippen LogP contribution in [0.15, 0.2) is 53.4 Å². The molecule has 1 aliphatic heterocycles. The Labute approximate surface area is 163 Å². The monoisotopic (exact) mass is 390 g/mol. The molecule has 2 N–H and O–H groups in total. The molecule has 0 bridgehead atoms. The highest BCUT2D eigenvalue weighted by Gasteiger charge is 2.25. The third-order valence-corrected chi connectivity index (χ3v) is 5.85. The molecule has 0 aliphatic carbocycles. The molecule has 2 aromatic carbocycles. The fourth-order valence-corrected chi connectivity index (χ4v) is 4.10. The predicted octanol–water partition coefficient (Wildman–Crippen LogP) is 4.49. The number of likely N-dealkylation sites (tertiary alicyclic amines) is 1. The quantitative estimate of drug-likeness (QED) is 0.563. The molecule has 0 atom stereocenters. The van der Waals surface area contributed by atoms with Crippen LogP contribution in [0.5, 0.6) is 5.75 Å². The Kier molecular flexibility index (Phi) is 6.83. The van der Waals surface area contributed by atoms with E-state index in [2.05, 4.69) is 10.2 Å². The van der Waals surface area contributed by atoms with Crippen molar-refractivity contribution in [3.05, 3.63) is 53.6 Å². The minimum atomic E-state index is 0.00156. The van der Waals surface area contributed by atoms with E-state index in [1.165, 1.54) is 4.90 Å². The van der Waals surface area contributed by atoms with Crippen LogP contribution in [0.1, 0.15) is 12.8 Å². The molecular formula is C20H23ClN2O2S. The van der Waals surface area contributed by atoms with Gasteiger partial charge in [-0.1, -0.05) is 23.7 Å². The fourth-order valence-electron chi connectivity index (χ4n) is 3.06. The molecule has 26 heavy (non-hydrogen) atoms. The Balaban J connectivity index is 1.39. The van der Waals surface area contributed by atoms with Crippen molar-refractivity contribution < 1.29 is 9.90 Å². The highest BCUT2D eigenvalue weighted by molar-refractivity contribution is 7.99. The van der Waals surface area contributed by atoms with E-state index in [9.17, 15) is 9.90 Å². The number of halogens is 1. The van der Waals surface area contributed by atoms with Crippen molar-refractivity contribution >= 4 is 35.0 Å². The van der Waals surface area contributed by atoms with E-state index in [4.69, 9.17) is 11.6 Å². The molecule has 2 aromatic rings. The van der Waals surface area contributed by atoms with Crippen molar-refractivity contribution in [3.8, 4) is 5.75 Å². The topological polar surface area (TPSA) is 52.6 Å². The smallest absolute Gasteiger partial charge is 0.227 e. The highest BCUT2D eigenvalue weighted by Crippen LogP contribution is 2.25. The van der Waals surface area contributed by atoms with Crippen LogP contribution in [0.3, 0.4) is 0 Å². The number of hydrogen-bond donors (Lipinski definition) is 2. The van der Waals surface area contributed by atoms with E-state index in [1.54, 1.807) is 24.3 Å². The predicted molar refractivity (Wildman–Crippen MR) is 108 cm³/mol. The number of aromatic hydroxyl groups is 1. The number of para-hydroxylation sites is 2. The molecule has 1 fully saturated rings. The van der Waals surface area contributed by atoms with Gasteiger partial charge in [0.15, 0.2) is 0 Å².